The highest BCUT2D eigenvalue weighted by molar-refractivity contribution is 9.09. The summed E-state index contributed by atoms with van der Waals surface area (Å²) in [5, 5.41) is 0.783. The van der Waals surface area contributed by atoms with Gasteiger partial charge in [-0.1, -0.05) is 22.0 Å². The zero-order chi connectivity index (χ0) is 14.0. The fourth-order valence-corrected chi connectivity index (χ4v) is 4.04. The van der Waals surface area contributed by atoms with Crippen molar-refractivity contribution >= 4 is 31.9 Å². The molecule has 0 bridgehead atoms. The second-order valence-corrected chi connectivity index (χ2v) is 6.74. The molecule has 0 N–H and O–H groups in total. The Morgan fingerprint density at radius 1 is 1.32 bits per heavy atom. The van der Waals surface area contributed by atoms with Crippen molar-refractivity contribution in [1.82, 2.24) is 4.31 Å². The van der Waals surface area contributed by atoms with Gasteiger partial charge in [0.1, 0.15) is 16.2 Å². The number of ether oxygens (including phenoxy) is 1. The van der Waals surface area contributed by atoms with E-state index in [0.717, 1.165) is 16.1 Å². The number of methoxy groups -OCH3 is 1. The Labute approximate surface area is 120 Å². The highest BCUT2D eigenvalue weighted by atomic mass is 79.9. The van der Waals surface area contributed by atoms with E-state index in [1.165, 1.54) is 13.2 Å². The number of halogens is 1. The van der Waals surface area contributed by atoms with Crippen molar-refractivity contribution in [2.75, 3.05) is 19.0 Å². The van der Waals surface area contributed by atoms with Crippen LogP contribution in [0, 0.1) is 0 Å². The lowest BCUT2D eigenvalue weighted by atomic mass is 10.2. The number of alkyl halides is 1. The first-order valence-corrected chi connectivity index (χ1v) is 8.40. The van der Waals surface area contributed by atoms with Crippen LogP contribution in [-0.2, 0) is 10.0 Å². The van der Waals surface area contributed by atoms with Gasteiger partial charge in [-0.15, -0.1) is 0 Å². The van der Waals surface area contributed by atoms with Gasteiger partial charge in [0.15, 0.2) is 0 Å². The first-order valence-electron chi connectivity index (χ1n) is 5.84. The van der Waals surface area contributed by atoms with Crippen molar-refractivity contribution in [3.8, 4) is 5.75 Å². The van der Waals surface area contributed by atoms with Crippen LogP contribution in [0.25, 0.3) is 0 Å². The van der Waals surface area contributed by atoms with Gasteiger partial charge in [-0.3, -0.25) is 4.79 Å². The molecule has 0 spiro atoms. The number of fused-ring (bicyclic) bond motifs is 1. The van der Waals surface area contributed by atoms with E-state index in [0.29, 0.717) is 12.2 Å². The van der Waals surface area contributed by atoms with Crippen molar-refractivity contribution in [2.45, 2.75) is 17.7 Å². The third kappa shape index (κ3) is 2.36. The fraction of sp³-hybridized carbons (Fsp3) is 0.417. The Morgan fingerprint density at radius 2 is 2.05 bits per heavy atom. The smallest absolute Gasteiger partial charge is 0.272 e. The number of nitrogens with zero attached hydrogens (tertiary/aromatic N) is 1. The molecule has 0 saturated carbocycles. The van der Waals surface area contributed by atoms with Crippen LogP contribution in [0.1, 0.15) is 23.2 Å². The minimum Gasteiger partial charge on any atom is -0.496 e. The topological polar surface area (TPSA) is 63.7 Å². The summed E-state index contributed by atoms with van der Waals surface area (Å²) < 4.78 is 30.6. The molecule has 0 aliphatic carbocycles. The minimum absolute atomic E-state index is 0.0377. The summed E-state index contributed by atoms with van der Waals surface area (Å²) in [4.78, 5) is 12.3. The second kappa shape index (κ2) is 5.50. The maximum Gasteiger partial charge on any atom is 0.272 e. The van der Waals surface area contributed by atoms with E-state index >= 15 is 0 Å². The molecule has 1 amide bonds. The second-order valence-electron chi connectivity index (χ2n) is 4.11. The molecule has 19 heavy (non-hydrogen) atoms. The Morgan fingerprint density at radius 3 is 2.68 bits per heavy atom. The molecule has 1 aliphatic rings. The molecule has 1 aliphatic heterocycles. The zero-order valence-corrected chi connectivity index (χ0v) is 12.8. The molecule has 104 valence electrons. The predicted molar refractivity (Wildman–Crippen MR) is 74.2 cm³/mol. The average Bonchev–Trinajstić information content (AvgIpc) is 2.60. The summed E-state index contributed by atoms with van der Waals surface area (Å²) >= 11 is 3.28. The summed E-state index contributed by atoms with van der Waals surface area (Å²) in [7, 11) is -2.30. The molecule has 1 aromatic carbocycles. The Hall–Kier alpha value is -1.08. The first-order chi connectivity index (χ1) is 9.04. The zero-order valence-electron chi connectivity index (χ0n) is 10.4. The third-order valence-corrected chi connectivity index (χ3v) is 5.35. The van der Waals surface area contributed by atoms with Gasteiger partial charge in [-0.2, -0.15) is 0 Å². The summed E-state index contributed by atoms with van der Waals surface area (Å²) in [6.45, 7) is 0.199. The molecule has 0 radical (unpaired) electrons. The molecule has 0 fully saturated rings. The molecular formula is C12H14BrNO4S. The lowest BCUT2D eigenvalue weighted by Crippen LogP contribution is -2.31. The van der Waals surface area contributed by atoms with Crippen LogP contribution < -0.4 is 4.74 Å². The van der Waals surface area contributed by atoms with Gasteiger partial charge < -0.3 is 4.74 Å². The maximum atomic E-state index is 12.3. The number of rotatable bonds is 5. The molecule has 2 rings (SSSR count). The Balaban J connectivity index is 2.41. The highest BCUT2D eigenvalue weighted by Gasteiger charge is 2.42. The molecule has 0 unspecified atom stereocenters. The van der Waals surface area contributed by atoms with E-state index < -0.39 is 15.9 Å². The van der Waals surface area contributed by atoms with E-state index in [1.54, 1.807) is 12.1 Å². The number of carbonyl (C=O) groups excluding carboxylic acids is 1. The molecule has 7 heteroatoms. The van der Waals surface area contributed by atoms with Crippen molar-refractivity contribution in [2.24, 2.45) is 0 Å². The SMILES string of the molecule is COc1cccc2c1C(=O)N(CCCCBr)S2(=O)=O. The number of carbonyl (C=O) groups is 1. The molecule has 0 aromatic heterocycles. The van der Waals surface area contributed by atoms with Gasteiger partial charge in [0.05, 0.1) is 7.11 Å². The number of unbranched alkanes of at least 4 members (excludes halogenated alkanes) is 1. The van der Waals surface area contributed by atoms with E-state index in [4.69, 9.17) is 4.74 Å². The van der Waals surface area contributed by atoms with Crippen LogP contribution in [0.5, 0.6) is 5.75 Å². The summed E-state index contributed by atoms with van der Waals surface area (Å²) in [5.74, 6) is -0.198. The normalized spacial score (nSPS) is 16.5. The summed E-state index contributed by atoms with van der Waals surface area (Å²) in [6, 6.07) is 4.61. The number of sulfonamides is 1. The number of hydrogen-bond donors (Lipinski definition) is 0. The number of hydrogen-bond acceptors (Lipinski definition) is 4. The monoisotopic (exact) mass is 347 g/mol. The van der Waals surface area contributed by atoms with Gasteiger partial charge in [0.2, 0.25) is 0 Å². The van der Waals surface area contributed by atoms with Crippen LogP contribution in [0.15, 0.2) is 23.1 Å². The van der Waals surface area contributed by atoms with Gasteiger partial charge >= 0.3 is 0 Å². The molecule has 1 heterocycles. The molecule has 5 nitrogen and oxygen atoms in total. The molecule has 0 atom stereocenters. The van der Waals surface area contributed by atoms with Crippen LogP contribution in [-0.4, -0.2) is 37.6 Å². The summed E-state index contributed by atoms with van der Waals surface area (Å²) in [6.07, 6.45) is 1.44. The van der Waals surface area contributed by atoms with Gasteiger partial charge in [-0.05, 0) is 25.0 Å². The van der Waals surface area contributed by atoms with Crippen LogP contribution in [0.4, 0.5) is 0 Å². The third-order valence-electron chi connectivity index (χ3n) is 2.96. The van der Waals surface area contributed by atoms with E-state index in [9.17, 15) is 13.2 Å². The highest BCUT2D eigenvalue weighted by Crippen LogP contribution is 2.36. The number of benzene rings is 1. The quantitative estimate of drug-likeness (QED) is 0.603. The van der Waals surface area contributed by atoms with Crippen molar-refractivity contribution in [3.05, 3.63) is 23.8 Å². The minimum atomic E-state index is -3.72. The van der Waals surface area contributed by atoms with Crippen LogP contribution in [0.2, 0.25) is 0 Å². The maximum absolute atomic E-state index is 12.3. The van der Waals surface area contributed by atoms with Gasteiger partial charge in [-0.25, -0.2) is 12.7 Å². The average molecular weight is 348 g/mol. The van der Waals surface area contributed by atoms with Crippen molar-refractivity contribution in [3.63, 3.8) is 0 Å². The lowest BCUT2D eigenvalue weighted by molar-refractivity contribution is 0.0867. The van der Waals surface area contributed by atoms with E-state index in [-0.39, 0.29) is 17.0 Å². The summed E-state index contributed by atoms with van der Waals surface area (Å²) in [5.41, 5.74) is 0.142. The molecule has 0 saturated heterocycles. The first kappa shape index (κ1) is 14.3. The van der Waals surface area contributed by atoms with Crippen LogP contribution >= 0.6 is 15.9 Å². The Bertz CT molecular complexity index is 600. The van der Waals surface area contributed by atoms with Crippen molar-refractivity contribution in [1.29, 1.82) is 0 Å². The number of amides is 1. The molecule has 1 aromatic rings. The molecular weight excluding hydrogens is 334 g/mol. The fourth-order valence-electron chi connectivity index (χ4n) is 2.03. The Kier molecular flexibility index (Phi) is 4.15. The largest absolute Gasteiger partial charge is 0.496 e. The van der Waals surface area contributed by atoms with Crippen molar-refractivity contribution < 1.29 is 17.9 Å². The van der Waals surface area contributed by atoms with Gasteiger partial charge in [0.25, 0.3) is 15.9 Å². The van der Waals surface area contributed by atoms with E-state index in [2.05, 4.69) is 15.9 Å². The standard InChI is InChI=1S/C12H14BrNO4S/c1-18-9-5-4-6-10-11(9)12(15)14(19(10,16)17)8-3-2-7-13/h4-6H,2-3,7-8H2,1H3. The van der Waals surface area contributed by atoms with E-state index in [1.807, 2.05) is 0 Å². The van der Waals surface area contributed by atoms with Crippen LogP contribution in [0.3, 0.4) is 0 Å². The van der Waals surface area contributed by atoms with Gasteiger partial charge in [0, 0.05) is 11.9 Å². The predicted octanol–water partition coefficient (Wildman–Crippen LogP) is 2.01. The lowest BCUT2D eigenvalue weighted by Gasteiger charge is -2.14.